The molecule has 0 atom stereocenters. The molecular weight excluding hydrogens is 376 g/mol. The quantitative estimate of drug-likeness (QED) is 0.373. The summed E-state index contributed by atoms with van der Waals surface area (Å²) in [6.07, 6.45) is 5.19. The zero-order valence-corrected chi connectivity index (χ0v) is 15.6. The van der Waals surface area contributed by atoms with Gasteiger partial charge in [0.15, 0.2) is 0 Å². The molecule has 0 saturated heterocycles. The number of amides is 1. The number of carbonyl (C=O) groups is 2. The van der Waals surface area contributed by atoms with Crippen molar-refractivity contribution in [3.63, 3.8) is 0 Å². The highest BCUT2D eigenvalue weighted by molar-refractivity contribution is 6.06. The predicted octanol–water partition coefficient (Wildman–Crippen LogP) is 3.27. The van der Waals surface area contributed by atoms with E-state index >= 15 is 0 Å². The summed E-state index contributed by atoms with van der Waals surface area (Å²) in [5, 5.41) is 13.9. The first-order valence-corrected chi connectivity index (χ1v) is 8.79. The minimum atomic E-state index is -0.729. The molecule has 0 aliphatic carbocycles. The molecule has 0 aliphatic rings. The molecule has 1 heterocycles. The van der Waals surface area contributed by atoms with Crippen molar-refractivity contribution < 1.29 is 19.2 Å². The van der Waals surface area contributed by atoms with Crippen LogP contribution in [0.4, 0.5) is 11.4 Å². The van der Waals surface area contributed by atoms with Crippen molar-refractivity contribution in [2.24, 2.45) is 0 Å². The van der Waals surface area contributed by atoms with Gasteiger partial charge < -0.3 is 14.6 Å². The SMILES string of the molecule is CCOC(=O)c1cc(C(=O)Nc2cccc(Cn3ccnc3)c2)cc([N+](=O)[O-])c1. The van der Waals surface area contributed by atoms with E-state index < -0.39 is 16.8 Å². The number of ether oxygens (including phenoxy) is 1. The average molecular weight is 394 g/mol. The van der Waals surface area contributed by atoms with Crippen molar-refractivity contribution in [1.82, 2.24) is 9.55 Å². The standard InChI is InChI=1S/C20H18N4O5/c1-2-29-20(26)16-9-15(10-18(11-16)24(27)28)19(25)22-17-5-3-4-14(8-17)12-23-7-6-21-13-23/h3-11,13H,2,12H2,1H3,(H,22,25). The van der Waals surface area contributed by atoms with Gasteiger partial charge in [-0.15, -0.1) is 0 Å². The normalized spacial score (nSPS) is 10.4. The summed E-state index contributed by atoms with van der Waals surface area (Å²) in [5.41, 5.74) is 1.03. The Morgan fingerprint density at radius 3 is 2.69 bits per heavy atom. The molecule has 0 spiro atoms. The zero-order chi connectivity index (χ0) is 20.8. The van der Waals surface area contributed by atoms with E-state index in [0.717, 1.165) is 17.7 Å². The molecule has 0 aliphatic heterocycles. The summed E-state index contributed by atoms with van der Waals surface area (Å²) in [6, 6.07) is 10.7. The summed E-state index contributed by atoms with van der Waals surface area (Å²) in [6.45, 7) is 2.32. The van der Waals surface area contributed by atoms with Crippen LogP contribution in [0.15, 0.2) is 61.2 Å². The number of non-ortho nitro benzene ring substituents is 1. The van der Waals surface area contributed by atoms with Gasteiger partial charge in [0.25, 0.3) is 11.6 Å². The molecule has 9 heteroatoms. The van der Waals surface area contributed by atoms with Gasteiger partial charge in [-0.25, -0.2) is 9.78 Å². The van der Waals surface area contributed by atoms with Gasteiger partial charge in [0.2, 0.25) is 0 Å². The summed E-state index contributed by atoms with van der Waals surface area (Å²) < 4.78 is 6.76. The van der Waals surface area contributed by atoms with E-state index in [1.165, 1.54) is 6.07 Å². The van der Waals surface area contributed by atoms with Crippen molar-refractivity contribution in [3.05, 3.63) is 88.0 Å². The number of nitrogens with one attached hydrogen (secondary N) is 1. The number of nitro benzene ring substituents is 1. The lowest BCUT2D eigenvalue weighted by atomic mass is 10.1. The van der Waals surface area contributed by atoms with E-state index in [2.05, 4.69) is 10.3 Å². The second kappa shape index (κ2) is 8.79. The fourth-order valence-corrected chi connectivity index (χ4v) is 2.72. The Morgan fingerprint density at radius 1 is 1.21 bits per heavy atom. The van der Waals surface area contributed by atoms with E-state index in [-0.39, 0.29) is 23.4 Å². The maximum absolute atomic E-state index is 12.6. The topological polar surface area (TPSA) is 116 Å². The number of esters is 1. The molecule has 1 amide bonds. The number of aromatic nitrogens is 2. The van der Waals surface area contributed by atoms with Gasteiger partial charge in [0.05, 0.1) is 23.4 Å². The van der Waals surface area contributed by atoms with Crippen molar-refractivity contribution in [2.45, 2.75) is 13.5 Å². The van der Waals surface area contributed by atoms with Crippen LogP contribution >= 0.6 is 0 Å². The molecule has 3 rings (SSSR count). The van der Waals surface area contributed by atoms with Crippen LogP contribution < -0.4 is 5.32 Å². The third-order valence-electron chi connectivity index (χ3n) is 4.01. The minimum absolute atomic E-state index is 0.0118. The van der Waals surface area contributed by atoms with E-state index in [9.17, 15) is 19.7 Å². The molecule has 0 fully saturated rings. The van der Waals surface area contributed by atoms with Crippen molar-refractivity contribution in [1.29, 1.82) is 0 Å². The number of hydrogen-bond donors (Lipinski definition) is 1. The highest BCUT2D eigenvalue weighted by Gasteiger charge is 2.19. The summed E-state index contributed by atoms with van der Waals surface area (Å²) in [4.78, 5) is 39.1. The summed E-state index contributed by atoms with van der Waals surface area (Å²) in [5.74, 6) is -1.30. The van der Waals surface area contributed by atoms with Crippen LogP contribution in [0.25, 0.3) is 0 Å². The summed E-state index contributed by atoms with van der Waals surface area (Å²) >= 11 is 0. The molecule has 0 bridgehead atoms. The van der Waals surface area contributed by atoms with Crippen molar-refractivity contribution in [2.75, 3.05) is 11.9 Å². The van der Waals surface area contributed by atoms with Gasteiger partial charge in [-0.2, -0.15) is 0 Å². The molecule has 3 aromatic rings. The molecule has 0 radical (unpaired) electrons. The second-order valence-electron chi connectivity index (χ2n) is 6.14. The molecule has 1 N–H and O–H groups in total. The summed E-state index contributed by atoms with van der Waals surface area (Å²) in [7, 11) is 0. The average Bonchev–Trinajstić information content (AvgIpc) is 3.21. The number of imidazole rings is 1. The Labute approximate surface area is 166 Å². The van der Waals surface area contributed by atoms with E-state index in [4.69, 9.17) is 4.74 Å². The Morgan fingerprint density at radius 2 is 2.00 bits per heavy atom. The van der Waals surface area contributed by atoms with Crippen LogP contribution in [0.1, 0.15) is 33.2 Å². The fourth-order valence-electron chi connectivity index (χ4n) is 2.72. The molecule has 0 saturated carbocycles. The molecule has 9 nitrogen and oxygen atoms in total. The van der Waals surface area contributed by atoms with Gasteiger partial charge in [-0.05, 0) is 30.7 Å². The molecule has 2 aromatic carbocycles. The molecule has 1 aromatic heterocycles. The van der Waals surface area contributed by atoms with Gasteiger partial charge in [0.1, 0.15) is 0 Å². The van der Waals surface area contributed by atoms with Crippen molar-refractivity contribution >= 4 is 23.3 Å². The lowest BCUT2D eigenvalue weighted by Gasteiger charge is -2.09. The number of carbonyl (C=O) groups excluding carboxylic acids is 2. The predicted molar refractivity (Wildman–Crippen MR) is 105 cm³/mol. The van der Waals surface area contributed by atoms with Crippen LogP contribution in [0.2, 0.25) is 0 Å². The third-order valence-corrected chi connectivity index (χ3v) is 4.01. The minimum Gasteiger partial charge on any atom is -0.462 e. The maximum atomic E-state index is 12.6. The van der Waals surface area contributed by atoms with Crippen LogP contribution in [-0.4, -0.2) is 33.0 Å². The van der Waals surface area contributed by atoms with E-state index in [0.29, 0.717) is 12.2 Å². The van der Waals surface area contributed by atoms with Gasteiger partial charge >= 0.3 is 5.97 Å². The highest BCUT2D eigenvalue weighted by Crippen LogP contribution is 2.20. The number of rotatable bonds is 7. The molecular formula is C20H18N4O5. The lowest BCUT2D eigenvalue weighted by molar-refractivity contribution is -0.384. The van der Waals surface area contributed by atoms with E-state index in [1.807, 2.05) is 16.8 Å². The Bertz CT molecular complexity index is 1050. The fraction of sp³-hybridized carbons (Fsp3) is 0.150. The first kappa shape index (κ1) is 19.7. The first-order valence-electron chi connectivity index (χ1n) is 8.79. The molecule has 148 valence electrons. The van der Waals surface area contributed by atoms with Crippen LogP contribution in [0.3, 0.4) is 0 Å². The smallest absolute Gasteiger partial charge is 0.338 e. The van der Waals surface area contributed by atoms with Crippen LogP contribution in [0, 0.1) is 10.1 Å². The number of anilines is 1. The molecule has 0 unspecified atom stereocenters. The number of nitrogens with zero attached hydrogens (tertiary/aromatic N) is 3. The molecule has 29 heavy (non-hydrogen) atoms. The van der Waals surface area contributed by atoms with E-state index in [1.54, 1.807) is 37.6 Å². The third kappa shape index (κ3) is 5.04. The zero-order valence-electron chi connectivity index (χ0n) is 15.6. The Kier molecular flexibility index (Phi) is 5.98. The number of hydrogen-bond acceptors (Lipinski definition) is 6. The lowest BCUT2D eigenvalue weighted by Crippen LogP contribution is -2.14. The largest absolute Gasteiger partial charge is 0.462 e. The van der Waals surface area contributed by atoms with Crippen LogP contribution in [0.5, 0.6) is 0 Å². The maximum Gasteiger partial charge on any atom is 0.338 e. The highest BCUT2D eigenvalue weighted by atomic mass is 16.6. The Balaban J connectivity index is 1.83. The van der Waals surface area contributed by atoms with Gasteiger partial charge in [-0.3, -0.25) is 14.9 Å². The van der Waals surface area contributed by atoms with Gasteiger partial charge in [0, 0.05) is 42.3 Å². The number of benzene rings is 2. The van der Waals surface area contributed by atoms with Crippen molar-refractivity contribution in [3.8, 4) is 0 Å². The second-order valence-corrected chi connectivity index (χ2v) is 6.14. The number of nitro groups is 1. The monoisotopic (exact) mass is 394 g/mol. The van der Waals surface area contributed by atoms with Crippen LogP contribution in [-0.2, 0) is 11.3 Å². The first-order chi connectivity index (χ1) is 14.0. The van der Waals surface area contributed by atoms with Gasteiger partial charge in [-0.1, -0.05) is 12.1 Å². The Hall–Kier alpha value is -4.01.